The van der Waals surface area contributed by atoms with Crippen LogP contribution in [0.25, 0.3) is 23.1 Å². The first-order valence-electron chi connectivity index (χ1n) is 9.77. The van der Waals surface area contributed by atoms with E-state index in [0.717, 1.165) is 6.07 Å². The molecule has 31 heavy (non-hydrogen) atoms. The first-order chi connectivity index (χ1) is 14.8. The summed E-state index contributed by atoms with van der Waals surface area (Å²) in [7, 11) is 1.90. The minimum atomic E-state index is -0.760. The van der Waals surface area contributed by atoms with Crippen molar-refractivity contribution >= 4 is 46.3 Å². The van der Waals surface area contributed by atoms with Crippen molar-refractivity contribution in [2.75, 3.05) is 20.1 Å². The van der Waals surface area contributed by atoms with Crippen LogP contribution in [0.4, 0.5) is 0 Å². The number of likely N-dealkylation sites (N-methyl/N-ethyl adjacent to an activating group) is 1. The maximum absolute atomic E-state index is 12.8. The highest BCUT2D eigenvalue weighted by atomic mass is 35.5. The molecule has 4 rings (SSSR count). The average Bonchev–Trinajstić information content (AvgIpc) is 2.68. The van der Waals surface area contributed by atoms with Crippen LogP contribution in [0, 0.1) is 0 Å². The van der Waals surface area contributed by atoms with Crippen molar-refractivity contribution in [2.24, 2.45) is 0 Å². The Labute approximate surface area is 188 Å². The molecular weight excluding hydrogens is 441 g/mol. The Balaban J connectivity index is 1.87. The number of likely N-dealkylation sites (tertiary alicyclic amines) is 1. The number of aromatic hydroxyl groups is 2. The number of nitrogens with zero attached hydrogens (tertiary/aromatic N) is 1. The summed E-state index contributed by atoms with van der Waals surface area (Å²) in [5, 5.41) is 32.3. The summed E-state index contributed by atoms with van der Waals surface area (Å²) in [5.74, 6) is -0.851. The number of piperidine rings is 1. The topological polar surface area (TPSA) is 94.1 Å². The van der Waals surface area contributed by atoms with Crippen LogP contribution in [-0.4, -0.2) is 46.5 Å². The van der Waals surface area contributed by atoms with Gasteiger partial charge in [0.1, 0.15) is 28.2 Å². The maximum atomic E-state index is 12.8. The van der Waals surface area contributed by atoms with E-state index in [1.54, 1.807) is 30.4 Å². The molecular formula is C23H21Cl2NO5. The lowest BCUT2D eigenvalue weighted by Crippen LogP contribution is -2.40. The molecule has 0 unspecified atom stereocenters. The largest absolute Gasteiger partial charge is 0.507 e. The lowest BCUT2D eigenvalue weighted by atomic mass is 9.85. The SMILES string of the molecule is CN1CC[C@@H](c2c(O)cc(O)c3c(=O)cc(C=Cc4c(Cl)cccc4Cl)oc23)[C@H](O)C1. The van der Waals surface area contributed by atoms with Crippen LogP contribution in [0.15, 0.2) is 39.5 Å². The number of aliphatic hydroxyl groups is 1. The van der Waals surface area contributed by atoms with Crippen LogP contribution in [0.1, 0.15) is 29.2 Å². The van der Waals surface area contributed by atoms with E-state index in [9.17, 15) is 20.1 Å². The smallest absolute Gasteiger partial charge is 0.197 e. The maximum Gasteiger partial charge on any atom is 0.197 e. The van der Waals surface area contributed by atoms with Gasteiger partial charge in [-0.3, -0.25) is 4.79 Å². The lowest BCUT2D eigenvalue weighted by molar-refractivity contribution is 0.0630. The fourth-order valence-electron chi connectivity index (χ4n) is 4.04. The van der Waals surface area contributed by atoms with Crippen LogP contribution in [-0.2, 0) is 0 Å². The Morgan fingerprint density at radius 3 is 2.52 bits per heavy atom. The van der Waals surface area contributed by atoms with E-state index in [0.29, 0.717) is 40.7 Å². The molecule has 3 N–H and O–H groups in total. The molecule has 1 saturated heterocycles. The number of fused-ring (bicyclic) bond motifs is 1. The predicted molar refractivity (Wildman–Crippen MR) is 122 cm³/mol. The fourth-order valence-corrected chi connectivity index (χ4v) is 4.57. The van der Waals surface area contributed by atoms with Crippen molar-refractivity contribution in [1.82, 2.24) is 4.90 Å². The number of halogens is 2. The zero-order valence-electron chi connectivity index (χ0n) is 16.7. The summed E-state index contributed by atoms with van der Waals surface area (Å²) in [6, 6.07) is 7.48. The van der Waals surface area contributed by atoms with Crippen molar-refractivity contribution in [3.63, 3.8) is 0 Å². The van der Waals surface area contributed by atoms with E-state index >= 15 is 0 Å². The second kappa shape index (κ2) is 8.55. The molecule has 8 heteroatoms. The molecule has 1 aromatic heterocycles. The molecule has 0 bridgehead atoms. The minimum Gasteiger partial charge on any atom is -0.507 e. The van der Waals surface area contributed by atoms with Gasteiger partial charge in [0, 0.05) is 45.8 Å². The molecule has 0 aliphatic carbocycles. The normalized spacial score (nSPS) is 20.0. The summed E-state index contributed by atoms with van der Waals surface area (Å²) in [4.78, 5) is 14.8. The van der Waals surface area contributed by atoms with Gasteiger partial charge in [-0.1, -0.05) is 29.3 Å². The van der Waals surface area contributed by atoms with Crippen LogP contribution < -0.4 is 5.43 Å². The molecule has 0 amide bonds. The van der Waals surface area contributed by atoms with Gasteiger partial charge in [0.15, 0.2) is 5.43 Å². The number of aliphatic hydroxyl groups excluding tert-OH is 1. The molecule has 0 radical (unpaired) electrons. The van der Waals surface area contributed by atoms with Crippen LogP contribution in [0.5, 0.6) is 11.5 Å². The van der Waals surface area contributed by atoms with E-state index in [4.69, 9.17) is 27.6 Å². The van der Waals surface area contributed by atoms with Crippen molar-refractivity contribution in [3.05, 3.63) is 67.5 Å². The van der Waals surface area contributed by atoms with E-state index in [1.807, 2.05) is 11.9 Å². The standard InChI is InChI=1S/C23H21Cl2NO5/c1-26-8-7-14(20(30)11-26)21-18(28)10-19(29)22-17(27)9-12(31-23(21)22)5-6-13-15(24)3-2-4-16(13)25/h2-6,9-10,14,20,28-30H,7-8,11H2,1H3/t14-,20-/m1/s1. The van der Waals surface area contributed by atoms with E-state index < -0.39 is 17.5 Å². The molecule has 0 saturated carbocycles. The predicted octanol–water partition coefficient (Wildman–Crippen LogP) is 4.46. The first-order valence-corrected chi connectivity index (χ1v) is 10.5. The molecule has 1 aliphatic rings. The second-order valence-corrected chi connectivity index (χ2v) is 8.55. The molecule has 2 atom stereocenters. The number of phenols is 2. The number of rotatable bonds is 3. The Kier molecular flexibility index (Phi) is 5.99. The van der Waals surface area contributed by atoms with Crippen LogP contribution >= 0.6 is 23.2 Å². The summed E-state index contributed by atoms with van der Waals surface area (Å²) in [6.45, 7) is 1.12. The third-order valence-corrected chi connectivity index (χ3v) is 6.25. The average molecular weight is 462 g/mol. The van der Waals surface area contributed by atoms with Crippen molar-refractivity contribution < 1.29 is 19.7 Å². The quantitative estimate of drug-likeness (QED) is 0.532. The highest BCUT2D eigenvalue weighted by Gasteiger charge is 2.32. The van der Waals surface area contributed by atoms with Crippen molar-refractivity contribution in [3.8, 4) is 11.5 Å². The minimum absolute atomic E-state index is 0.0353. The van der Waals surface area contributed by atoms with E-state index in [1.165, 1.54) is 6.07 Å². The number of hydrogen-bond acceptors (Lipinski definition) is 6. The van der Waals surface area contributed by atoms with E-state index in [2.05, 4.69) is 0 Å². The molecule has 6 nitrogen and oxygen atoms in total. The first kappa shape index (κ1) is 21.7. The number of phenolic OH excluding ortho intramolecular Hbond substituents is 2. The Morgan fingerprint density at radius 1 is 1.13 bits per heavy atom. The van der Waals surface area contributed by atoms with E-state index in [-0.39, 0.29) is 28.2 Å². The van der Waals surface area contributed by atoms with Gasteiger partial charge in [-0.25, -0.2) is 0 Å². The molecule has 0 spiro atoms. The summed E-state index contributed by atoms with van der Waals surface area (Å²) in [5.41, 5.74) is 0.477. The van der Waals surface area contributed by atoms with Gasteiger partial charge in [-0.05, 0) is 44.3 Å². The highest BCUT2D eigenvalue weighted by Crippen LogP contribution is 2.42. The zero-order valence-corrected chi connectivity index (χ0v) is 18.2. The van der Waals surface area contributed by atoms with Gasteiger partial charge >= 0.3 is 0 Å². The summed E-state index contributed by atoms with van der Waals surface area (Å²) < 4.78 is 5.95. The third-order valence-electron chi connectivity index (χ3n) is 5.59. The molecule has 2 aromatic carbocycles. The van der Waals surface area contributed by atoms with Crippen LogP contribution in [0.3, 0.4) is 0 Å². The summed E-state index contributed by atoms with van der Waals surface area (Å²) in [6.07, 6.45) is 2.97. The number of β-amino-alcohol motifs (C(OH)–C–C–N with tert-alkyl or cyclic N) is 1. The molecule has 1 fully saturated rings. The zero-order chi connectivity index (χ0) is 22.3. The van der Waals surface area contributed by atoms with Gasteiger partial charge in [0.05, 0.1) is 6.10 Å². The number of benzene rings is 2. The lowest BCUT2D eigenvalue weighted by Gasteiger charge is -2.34. The molecule has 162 valence electrons. The third kappa shape index (κ3) is 4.16. The van der Waals surface area contributed by atoms with Gasteiger partial charge < -0.3 is 24.6 Å². The van der Waals surface area contributed by atoms with Gasteiger partial charge in [0.2, 0.25) is 0 Å². The second-order valence-electron chi connectivity index (χ2n) is 7.74. The van der Waals surface area contributed by atoms with Crippen molar-refractivity contribution in [2.45, 2.75) is 18.4 Å². The monoisotopic (exact) mass is 461 g/mol. The highest BCUT2D eigenvalue weighted by molar-refractivity contribution is 6.37. The fraction of sp³-hybridized carbons (Fsp3) is 0.261. The molecule has 3 aromatic rings. The Morgan fingerprint density at radius 2 is 1.84 bits per heavy atom. The Bertz CT molecular complexity index is 1220. The Hall–Kier alpha value is -2.51. The van der Waals surface area contributed by atoms with Gasteiger partial charge in [0.25, 0.3) is 0 Å². The van der Waals surface area contributed by atoms with Gasteiger partial charge in [-0.2, -0.15) is 0 Å². The molecule has 1 aliphatic heterocycles. The molecule has 2 heterocycles. The van der Waals surface area contributed by atoms with Crippen molar-refractivity contribution in [1.29, 1.82) is 0 Å². The van der Waals surface area contributed by atoms with Crippen LogP contribution in [0.2, 0.25) is 10.0 Å². The number of hydrogen-bond donors (Lipinski definition) is 3. The van der Waals surface area contributed by atoms with Gasteiger partial charge in [-0.15, -0.1) is 0 Å². The summed E-state index contributed by atoms with van der Waals surface area (Å²) >= 11 is 12.4.